The van der Waals surface area contributed by atoms with Gasteiger partial charge in [-0.05, 0) is 29.5 Å². The summed E-state index contributed by atoms with van der Waals surface area (Å²) in [7, 11) is 0. The Hall–Kier alpha value is -1.24. The molecule has 1 unspecified atom stereocenters. The van der Waals surface area contributed by atoms with Crippen molar-refractivity contribution < 1.29 is 26.3 Å². The summed E-state index contributed by atoms with van der Waals surface area (Å²) >= 11 is 0. The molecule has 7 heteroatoms. The summed E-state index contributed by atoms with van der Waals surface area (Å²) in [5.74, 6) is -3.57. The molecule has 0 saturated heterocycles. The molecule has 0 aliphatic carbocycles. The average Bonchev–Trinajstić information content (AvgIpc) is 2.34. The third-order valence-corrected chi connectivity index (χ3v) is 3.42. The fourth-order valence-corrected chi connectivity index (χ4v) is 2.27. The zero-order valence-corrected chi connectivity index (χ0v) is 11.6. The van der Waals surface area contributed by atoms with Crippen molar-refractivity contribution in [1.82, 2.24) is 0 Å². The first-order chi connectivity index (χ1) is 9.52. The van der Waals surface area contributed by atoms with Crippen LogP contribution in [-0.2, 0) is 12.8 Å². The Labute approximate surface area is 119 Å². The normalized spacial score (nSPS) is 14.6. The summed E-state index contributed by atoms with van der Waals surface area (Å²) in [6.07, 6.45) is -10.1. The van der Waals surface area contributed by atoms with Gasteiger partial charge in [-0.3, -0.25) is 0 Å². The van der Waals surface area contributed by atoms with Crippen molar-refractivity contribution in [3.63, 3.8) is 0 Å². The number of rotatable bonds is 4. The lowest BCUT2D eigenvalue weighted by Gasteiger charge is -2.29. The van der Waals surface area contributed by atoms with Crippen LogP contribution in [0.1, 0.15) is 36.6 Å². The Morgan fingerprint density at radius 2 is 1.48 bits per heavy atom. The number of hydrogen-bond acceptors (Lipinski definition) is 1. The number of nitrogens with two attached hydrogens (primary N) is 1. The van der Waals surface area contributed by atoms with Crippen molar-refractivity contribution in [3.8, 4) is 0 Å². The Morgan fingerprint density at radius 1 is 0.952 bits per heavy atom. The zero-order chi connectivity index (χ0) is 16.4. The number of alkyl halides is 6. The lowest BCUT2D eigenvalue weighted by atomic mass is 9.87. The van der Waals surface area contributed by atoms with E-state index in [4.69, 9.17) is 5.73 Å². The SMILES string of the molecule is CCc1ccc(CC)c(C(N)C(C(F)(F)F)C(F)(F)F)c1. The highest BCUT2D eigenvalue weighted by Crippen LogP contribution is 2.46. The van der Waals surface area contributed by atoms with Crippen LogP contribution in [0.5, 0.6) is 0 Å². The van der Waals surface area contributed by atoms with Crippen LogP contribution in [0.2, 0.25) is 0 Å². The molecule has 1 nitrogen and oxygen atoms in total. The third-order valence-electron chi connectivity index (χ3n) is 3.42. The van der Waals surface area contributed by atoms with Crippen LogP contribution in [0.4, 0.5) is 26.3 Å². The first kappa shape index (κ1) is 17.8. The van der Waals surface area contributed by atoms with Gasteiger partial charge in [-0.2, -0.15) is 26.3 Å². The first-order valence-corrected chi connectivity index (χ1v) is 6.53. The van der Waals surface area contributed by atoms with Crippen LogP contribution >= 0.6 is 0 Å². The average molecular weight is 313 g/mol. The molecule has 1 aromatic rings. The van der Waals surface area contributed by atoms with Gasteiger partial charge in [0.15, 0.2) is 5.92 Å². The van der Waals surface area contributed by atoms with E-state index in [2.05, 4.69) is 0 Å². The molecule has 2 N–H and O–H groups in total. The lowest BCUT2D eigenvalue weighted by molar-refractivity contribution is -0.290. The van der Waals surface area contributed by atoms with Crippen molar-refractivity contribution in [2.45, 2.75) is 45.1 Å². The molecule has 0 spiro atoms. The lowest BCUT2D eigenvalue weighted by Crippen LogP contribution is -2.44. The summed E-state index contributed by atoms with van der Waals surface area (Å²) in [6.45, 7) is 3.43. The zero-order valence-electron chi connectivity index (χ0n) is 11.6. The van der Waals surface area contributed by atoms with Crippen LogP contribution in [0.25, 0.3) is 0 Å². The minimum Gasteiger partial charge on any atom is -0.323 e. The third kappa shape index (κ3) is 4.12. The van der Waals surface area contributed by atoms with Crippen molar-refractivity contribution in [2.24, 2.45) is 11.7 Å². The predicted molar refractivity (Wildman–Crippen MR) is 67.7 cm³/mol. The molecule has 0 amide bonds. The van der Waals surface area contributed by atoms with Crippen LogP contribution in [0.15, 0.2) is 18.2 Å². The largest absolute Gasteiger partial charge is 0.402 e. The Bertz CT molecular complexity index is 463. The molecular formula is C14H17F6N. The minimum atomic E-state index is -5.44. The van der Waals surface area contributed by atoms with E-state index in [0.29, 0.717) is 24.0 Å². The van der Waals surface area contributed by atoms with Crippen molar-refractivity contribution in [3.05, 3.63) is 34.9 Å². The molecule has 0 aromatic heterocycles. The Balaban J connectivity index is 3.35. The Morgan fingerprint density at radius 3 is 1.86 bits per heavy atom. The number of hydrogen-bond donors (Lipinski definition) is 1. The van der Waals surface area contributed by atoms with E-state index in [9.17, 15) is 26.3 Å². The van der Waals surface area contributed by atoms with Gasteiger partial charge in [0.1, 0.15) is 0 Å². The fraction of sp³-hybridized carbons (Fsp3) is 0.571. The van der Waals surface area contributed by atoms with Crippen LogP contribution < -0.4 is 5.73 Å². The van der Waals surface area contributed by atoms with Crippen LogP contribution in [-0.4, -0.2) is 12.4 Å². The molecule has 0 aliphatic heterocycles. The van der Waals surface area contributed by atoms with Gasteiger partial charge in [0.25, 0.3) is 0 Å². The van der Waals surface area contributed by atoms with Gasteiger partial charge in [0, 0.05) is 0 Å². The maximum Gasteiger partial charge on any atom is 0.402 e. The second kappa shape index (κ2) is 6.25. The van der Waals surface area contributed by atoms with E-state index in [1.54, 1.807) is 19.9 Å². The fourth-order valence-electron chi connectivity index (χ4n) is 2.27. The molecule has 21 heavy (non-hydrogen) atoms. The van der Waals surface area contributed by atoms with E-state index in [-0.39, 0.29) is 5.56 Å². The molecule has 0 aliphatic rings. The van der Waals surface area contributed by atoms with E-state index < -0.39 is 24.3 Å². The number of aryl methyl sites for hydroxylation is 2. The summed E-state index contributed by atoms with van der Waals surface area (Å²) < 4.78 is 76.6. The van der Waals surface area contributed by atoms with E-state index in [1.165, 1.54) is 12.1 Å². The van der Waals surface area contributed by atoms with Crippen molar-refractivity contribution in [2.75, 3.05) is 0 Å². The summed E-state index contributed by atoms with van der Waals surface area (Å²) in [5.41, 5.74) is 6.34. The van der Waals surface area contributed by atoms with Gasteiger partial charge in [-0.25, -0.2) is 0 Å². The maximum absolute atomic E-state index is 12.8. The molecule has 0 fully saturated rings. The molecular weight excluding hydrogens is 296 g/mol. The number of benzene rings is 1. The predicted octanol–water partition coefficient (Wildman–Crippen LogP) is 4.55. The molecule has 120 valence electrons. The molecule has 0 heterocycles. The summed E-state index contributed by atoms with van der Waals surface area (Å²) in [4.78, 5) is 0. The van der Waals surface area contributed by atoms with Gasteiger partial charge in [0.05, 0.1) is 6.04 Å². The quantitative estimate of drug-likeness (QED) is 0.811. The smallest absolute Gasteiger partial charge is 0.323 e. The maximum atomic E-state index is 12.8. The molecule has 1 aromatic carbocycles. The van der Waals surface area contributed by atoms with Gasteiger partial charge < -0.3 is 5.73 Å². The Kier molecular flexibility index (Phi) is 5.30. The van der Waals surface area contributed by atoms with Gasteiger partial charge in [-0.1, -0.05) is 32.0 Å². The van der Waals surface area contributed by atoms with Crippen molar-refractivity contribution in [1.29, 1.82) is 0 Å². The molecule has 1 atom stereocenters. The van der Waals surface area contributed by atoms with Crippen LogP contribution in [0.3, 0.4) is 0 Å². The number of halogens is 6. The first-order valence-electron chi connectivity index (χ1n) is 6.53. The topological polar surface area (TPSA) is 26.0 Å². The standard InChI is InChI=1S/C14H17F6N/c1-3-8-5-6-9(4-2)10(7-8)11(21)12(13(15,16)17)14(18,19)20/h5-7,11-12H,3-4,21H2,1-2H3. The second-order valence-corrected chi connectivity index (χ2v) is 4.83. The second-order valence-electron chi connectivity index (χ2n) is 4.83. The van der Waals surface area contributed by atoms with Gasteiger partial charge in [-0.15, -0.1) is 0 Å². The highest BCUT2D eigenvalue weighted by atomic mass is 19.4. The van der Waals surface area contributed by atoms with Crippen molar-refractivity contribution >= 4 is 0 Å². The minimum absolute atomic E-state index is 0.0866. The molecule has 0 radical (unpaired) electrons. The molecule has 0 bridgehead atoms. The highest BCUT2D eigenvalue weighted by Gasteiger charge is 2.59. The highest BCUT2D eigenvalue weighted by molar-refractivity contribution is 5.35. The molecule has 0 saturated carbocycles. The molecule has 1 rings (SSSR count). The van der Waals surface area contributed by atoms with E-state index >= 15 is 0 Å². The monoisotopic (exact) mass is 313 g/mol. The van der Waals surface area contributed by atoms with E-state index in [0.717, 1.165) is 0 Å². The van der Waals surface area contributed by atoms with E-state index in [1.807, 2.05) is 0 Å². The van der Waals surface area contributed by atoms with Gasteiger partial charge in [0.2, 0.25) is 0 Å². The van der Waals surface area contributed by atoms with Gasteiger partial charge >= 0.3 is 12.4 Å². The van der Waals surface area contributed by atoms with Crippen LogP contribution in [0, 0.1) is 5.92 Å². The summed E-state index contributed by atoms with van der Waals surface area (Å²) in [6, 6.07) is 2.41. The summed E-state index contributed by atoms with van der Waals surface area (Å²) in [5, 5.41) is 0.